The lowest BCUT2D eigenvalue weighted by atomic mass is 10.0. The summed E-state index contributed by atoms with van der Waals surface area (Å²) in [7, 11) is 3.97. The molecule has 0 saturated carbocycles. The van der Waals surface area contributed by atoms with Gasteiger partial charge in [0.15, 0.2) is 5.78 Å². The van der Waals surface area contributed by atoms with Crippen molar-refractivity contribution in [3.05, 3.63) is 70.2 Å². The van der Waals surface area contributed by atoms with E-state index >= 15 is 0 Å². The van der Waals surface area contributed by atoms with Crippen LogP contribution < -0.4 is 5.32 Å². The molecule has 0 saturated heterocycles. The molecule has 0 aromatic heterocycles. The lowest BCUT2D eigenvalue weighted by molar-refractivity contribution is -0.121. The highest BCUT2D eigenvalue weighted by Crippen LogP contribution is 2.18. The quantitative estimate of drug-likeness (QED) is 0.712. The van der Waals surface area contributed by atoms with E-state index in [1.54, 1.807) is 24.3 Å². The molecule has 138 valence electrons. The highest BCUT2D eigenvalue weighted by Gasteiger charge is 2.16. The van der Waals surface area contributed by atoms with E-state index in [4.69, 9.17) is 11.6 Å². The van der Waals surface area contributed by atoms with Gasteiger partial charge in [-0.3, -0.25) is 9.59 Å². The fourth-order valence-electron chi connectivity index (χ4n) is 2.72. The molecule has 0 bridgehead atoms. The van der Waals surface area contributed by atoms with Crippen molar-refractivity contribution in [1.29, 1.82) is 0 Å². The zero-order chi connectivity index (χ0) is 19.1. The van der Waals surface area contributed by atoms with Gasteiger partial charge in [0, 0.05) is 30.0 Å². The third-order valence-electron chi connectivity index (χ3n) is 4.30. The maximum atomic E-state index is 12.2. The standard InChI is InChI=1S/C21H25ClN2O2/c1-15-7-9-16(10-8-15)19(24(2)3)14-23-21(26)12-11-20(25)17-5-4-6-18(22)13-17/h4-10,13,19H,11-12,14H2,1-3H3,(H,23,26). The number of hydrogen-bond acceptors (Lipinski definition) is 3. The number of carbonyl (C=O) groups excluding carboxylic acids is 2. The van der Waals surface area contributed by atoms with Crippen molar-refractivity contribution in [2.24, 2.45) is 0 Å². The average molecular weight is 373 g/mol. The van der Waals surface area contributed by atoms with Crippen LogP contribution in [-0.2, 0) is 4.79 Å². The van der Waals surface area contributed by atoms with Gasteiger partial charge >= 0.3 is 0 Å². The summed E-state index contributed by atoms with van der Waals surface area (Å²) in [5.41, 5.74) is 2.89. The highest BCUT2D eigenvalue weighted by molar-refractivity contribution is 6.31. The second-order valence-electron chi connectivity index (χ2n) is 6.63. The molecular weight excluding hydrogens is 348 g/mol. The molecule has 1 atom stereocenters. The third kappa shape index (κ3) is 5.97. The fraction of sp³-hybridized carbons (Fsp3) is 0.333. The van der Waals surface area contributed by atoms with E-state index in [1.165, 1.54) is 5.56 Å². The molecule has 2 aromatic carbocycles. The number of carbonyl (C=O) groups is 2. The molecule has 5 heteroatoms. The molecule has 1 amide bonds. The summed E-state index contributed by atoms with van der Waals surface area (Å²) in [6.45, 7) is 2.55. The number of benzene rings is 2. The number of likely N-dealkylation sites (N-methyl/N-ethyl adjacent to an activating group) is 1. The monoisotopic (exact) mass is 372 g/mol. The van der Waals surface area contributed by atoms with E-state index in [0.29, 0.717) is 17.1 Å². The molecule has 1 N–H and O–H groups in total. The first-order valence-corrected chi connectivity index (χ1v) is 9.03. The number of aryl methyl sites for hydroxylation is 1. The van der Waals surface area contributed by atoms with Crippen molar-refractivity contribution in [2.45, 2.75) is 25.8 Å². The molecule has 0 aliphatic rings. The Morgan fingerprint density at radius 1 is 1.08 bits per heavy atom. The molecule has 1 unspecified atom stereocenters. The second kappa shape index (κ2) is 9.51. The van der Waals surface area contributed by atoms with Gasteiger partial charge in [0.25, 0.3) is 0 Å². The summed E-state index contributed by atoms with van der Waals surface area (Å²) in [6, 6.07) is 15.2. The van der Waals surface area contributed by atoms with E-state index in [1.807, 2.05) is 21.0 Å². The Balaban J connectivity index is 1.86. The first kappa shape index (κ1) is 20.1. The number of amides is 1. The Bertz CT molecular complexity index is 757. The molecule has 2 aromatic rings. The predicted molar refractivity (Wildman–Crippen MR) is 106 cm³/mol. The largest absolute Gasteiger partial charge is 0.354 e. The summed E-state index contributed by atoms with van der Waals surface area (Å²) in [5, 5.41) is 3.46. The average Bonchev–Trinajstić information content (AvgIpc) is 2.61. The Morgan fingerprint density at radius 2 is 1.77 bits per heavy atom. The first-order valence-electron chi connectivity index (χ1n) is 8.65. The number of nitrogens with zero attached hydrogens (tertiary/aromatic N) is 1. The van der Waals surface area contributed by atoms with Gasteiger partial charge in [-0.25, -0.2) is 0 Å². The Labute approximate surface area is 160 Å². The normalized spacial score (nSPS) is 12.0. The highest BCUT2D eigenvalue weighted by atomic mass is 35.5. The van der Waals surface area contributed by atoms with Crippen LogP contribution in [0, 0.1) is 6.92 Å². The minimum absolute atomic E-state index is 0.0784. The zero-order valence-electron chi connectivity index (χ0n) is 15.5. The molecule has 0 heterocycles. The Morgan fingerprint density at radius 3 is 2.38 bits per heavy atom. The second-order valence-corrected chi connectivity index (χ2v) is 7.06. The summed E-state index contributed by atoms with van der Waals surface area (Å²) in [4.78, 5) is 26.4. The third-order valence-corrected chi connectivity index (χ3v) is 4.54. The van der Waals surface area contributed by atoms with Crippen LogP contribution >= 0.6 is 11.6 Å². The number of rotatable bonds is 8. The summed E-state index contributed by atoms with van der Waals surface area (Å²) in [5.74, 6) is -0.204. The van der Waals surface area contributed by atoms with Gasteiger partial charge in [-0.15, -0.1) is 0 Å². The molecule has 26 heavy (non-hydrogen) atoms. The minimum atomic E-state index is -0.126. The zero-order valence-corrected chi connectivity index (χ0v) is 16.2. The van der Waals surface area contributed by atoms with E-state index < -0.39 is 0 Å². The van der Waals surface area contributed by atoms with Crippen LogP contribution in [0.2, 0.25) is 5.02 Å². The van der Waals surface area contributed by atoms with Gasteiger partial charge in [-0.1, -0.05) is 53.6 Å². The van der Waals surface area contributed by atoms with Crippen molar-refractivity contribution in [1.82, 2.24) is 10.2 Å². The van der Waals surface area contributed by atoms with Gasteiger partial charge in [-0.2, -0.15) is 0 Å². The van der Waals surface area contributed by atoms with Crippen molar-refractivity contribution in [3.8, 4) is 0 Å². The van der Waals surface area contributed by atoms with Crippen molar-refractivity contribution >= 4 is 23.3 Å². The van der Waals surface area contributed by atoms with Crippen LogP contribution in [0.3, 0.4) is 0 Å². The Hall–Kier alpha value is -2.17. The first-order chi connectivity index (χ1) is 12.4. The topological polar surface area (TPSA) is 49.4 Å². The number of nitrogens with one attached hydrogen (secondary N) is 1. The maximum absolute atomic E-state index is 12.2. The Kier molecular flexibility index (Phi) is 7.37. The smallest absolute Gasteiger partial charge is 0.220 e. The van der Waals surface area contributed by atoms with Gasteiger partial charge < -0.3 is 10.2 Å². The van der Waals surface area contributed by atoms with Crippen molar-refractivity contribution in [3.63, 3.8) is 0 Å². The molecule has 0 spiro atoms. The number of ketones is 1. The molecular formula is C21H25ClN2O2. The number of hydrogen-bond donors (Lipinski definition) is 1. The fourth-order valence-corrected chi connectivity index (χ4v) is 2.91. The summed E-state index contributed by atoms with van der Waals surface area (Å²) in [6.07, 6.45) is 0.336. The molecule has 2 rings (SSSR count). The van der Waals surface area contributed by atoms with Crippen LogP contribution in [0.15, 0.2) is 48.5 Å². The van der Waals surface area contributed by atoms with E-state index in [9.17, 15) is 9.59 Å². The minimum Gasteiger partial charge on any atom is -0.354 e. The van der Waals surface area contributed by atoms with Crippen LogP contribution in [0.25, 0.3) is 0 Å². The lowest BCUT2D eigenvalue weighted by Crippen LogP contribution is -2.34. The maximum Gasteiger partial charge on any atom is 0.220 e. The molecule has 0 radical (unpaired) electrons. The van der Waals surface area contributed by atoms with Gasteiger partial charge in [0.2, 0.25) is 5.91 Å². The SMILES string of the molecule is Cc1ccc(C(CNC(=O)CCC(=O)c2cccc(Cl)c2)N(C)C)cc1. The van der Waals surface area contributed by atoms with E-state index in [2.05, 4.69) is 34.5 Å². The van der Waals surface area contributed by atoms with E-state index in [-0.39, 0.29) is 30.6 Å². The summed E-state index contributed by atoms with van der Waals surface area (Å²) >= 11 is 5.90. The molecule has 0 aliphatic carbocycles. The molecule has 0 aliphatic heterocycles. The number of Topliss-reactive ketones (excluding diaryl/α,β-unsaturated/α-hetero) is 1. The number of halogens is 1. The van der Waals surface area contributed by atoms with E-state index in [0.717, 1.165) is 5.56 Å². The van der Waals surface area contributed by atoms with Crippen molar-refractivity contribution in [2.75, 3.05) is 20.6 Å². The van der Waals surface area contributed by atoms with Crippen LogP contribution in [0.5, 0.6) is 0 Å². The van der Waals surface area contributed by atoms with Crippen LogP contribution in [-0.4, -0.2) is 37.2 Å². The predicted octanol–water partition coefficient (Wildman–Crippen LogP) is 4.03. The molecule has 0 fully saturated rings. The van der Waals surface area contributed by atoms with Gasteiger partial charge in [0.1, 0.15) is 0 Å². The van der Waals surface area contributed by atoms with Crippen LogP contribution in [0.4, 0.5) is 0 Å². The lowest BCUT2D eigenvalue weighted by Gasteiger charge is -2.25. The van der Waals surface area contributed by atoms with Gasteiger partial charge in [-0.05, 0) is 38.7 Å². The molecule has 4 nitrogen and oxygen atoms in total. The summed E-state index contributed by atoms with van der Waals surface area (Å²) < 4.78 is 0. The van der Waals surface area contributed by atoms with Crippen LogP contribution in [0.1, 0.15) is 40.4 Å². The van der Waals surface area contributed by atoms with Gasteiger partial charge in [0.05, 0.1) is 6.04 Å². The van der Waals surface area contributed by atoms with Crippen molar-refractivity contribution < 1.29 is 9.59 Å².